The van der Waals surface area contributed by atoms with Gasteiger partial charge >= 0.3 is 0 Å². The highest BCUT2D eigenvalue weighted by Crippen LogP contribution is 2.28. The molecule has 0 heterocycles. The Morgan fingerprint density at radius 3 is 2.63 bits per heavy atom. The highest BCUT2D eigenvalue weighted by atomic mass is 19.1. The van der Waals surface area contributed by atoms with Crippen molar-refractivity contribution >= 4 is 11.4 Å². The summed E-state index contributed by atoms with van der Waals surface area (Å²) < 4.78 is 13.3. The fraction of sp³-hybridized carbons (Fsp3) is 0.250. The molecule has 0 radical (unpaired) electrons. The zero-order chi connectivity index (χ0) is 13.8. The van der Waals surface area contributed by atoms with Gasteiger partial charge in [0.1, 0.15) is 5.82 Å². The minimum Gasteiger partial charge on any atom is -0.344 e. The fourth-order valence-corrected chi connectivity index (χ4v) is 2.22. The Hall–Kier alpha value is -1.87. The van der Waals surface area contributed by atoms with Gasteiger partial charge in [0, 0.05) is 18.4 Å². The van der Waals surface area contributed by atoms with E-state index in [-0.39, 0.29) is 5.82 Å². The molecule has 0 saturated heterocycles. The van der Waals surface area contributed by atoms with Gasteiger partial charge in [-0.25, -0.2) is 4.39 Å². The molecule has 0 spiro atoms. The van der Waals surface area contributed by atoms with Crippen molar-refractivity contribution in [2.24, 2.45) is 5.73 Å². The SMILES string of the molecule is Cc1ccc(N(C)c2cccc(F)c2)c(CCN)c1. The van der Waals surface area contributed by atoms with Gasteiger partial charge in [-0.3, -0.25) is 0 Å². The summed E-state index contributed by atoms with van der Waals surface area (Å²) >= 11 is 0. The molecule has 0 unspecified atom stereocenters. The van der Waals surface area contributed by atoms with E-state index < -0.39 is 0 Å². The predicted octanol–water partition coefficient (Wildman–Crippen LogP) is 3.40. The maximum absolute atomic E-state index is 13.3. The maximum atomic E-state index is 13.3. The lowest BCUT2D eigenvalue weighted by molar-refractivity contribution is 0.628. The highest BCUT2D eigenvalue weighted by molar-refractivity contribution is 5.66. The molecule has 0 aliphatic rings. The third-order valence-corrected chi connectivity index (χ3v) is 3.21. The number of nitrogens with two attached hydrogens (primary N) is 1. The zero-order valence-corrected chi connectivity index (χ0v) is 11.4. The van der Waals surface area contributed by atoms with Gasteiger partial charge in [0.2, 0.25) is 0 Å². The third kappa shape index (κ3) is 3.12. The molecule has 0 amide bonds. The molecule has 0 fully saturated rings. The molecule has 3 heteroatoms. The van der Waals surface area contributed by atoms with Crippen LogP contribution < -0.4 is 10.6 Å². The summed E-state index contributed by atoms with van der Waals surface area (Å²) in [7, 11) is 1.94. The summed E-state index contributed by atoms with van der Waals surface area (Å²) in [6, 6.07) is 12.9. The van der Waals surface area contributed by atoms with Crippen molar-refractivity contribution in [2.45, 2.75) is 13.3 Å². The smallest absolute Gasteiger partial charge is 0.125 e. The van der Waals surface area contributed by atoms with Crippen LogP contribution in [0.3, 0.4) is 0 Å². The Labute approximate surface area is 113 Å². The Morgan fingerprint density at radius 1 is 1.16 bits per heavy atom. The lowest BCUT2D eigenvalue weighted by atomic mass is 10.1. The number of rotatable bonds is 4. The van der Waals surface area contributed by atoms with Gasteiger partial charge in [-0.2, -0.15) is 0 Å². The molecule has 0 bridgehead atoms. The molecule has 0 saturated carbocycles. The molecular formula is C16H19FN2. The van der Waals surface area contributed by atoms with Gasteiger partial charge in [-0.1, -0.05) is 23.8 Å². The first-order chi connectivity index (χ1) is 9.11. The van der Waals surface area contributed by atoms with Crippen LogP contribution in [-0.4, -0.2) is 13.6 Å². The first-order valence-corrected chi connectivity index (χ1v) is 6.40. The minimum absolute atomic E-state index is 0.225. The molecule has 2 aromatic rings. The van der Waals surface area contributed by atoms with E-state index in [0.29, 0.717) is 6.54 Å². The molecule has 2 N–H and O–H groups in total. The monoisotopic (exact) mass is 258 g/mol. The van der Waals surface area contributed by atoms with E-state index in [1.807, 2.05) is 18.0 Å². The normalized spacial score (nSPS) is 10.5. The van der Waals surface area contributed by atoms with Crippen molar-refractivity contribution in [1.29, 1.82) is 0 Å². The summed E-state index contributed by atoms with van der Waals surface area (Å²) in [5, 5.41) is 0. The Bertz CT molecular complexity index is 566. The van der Waals surface area contributed by atoms with E-state index in [1.165, 1.54) is 23.3 Å². The second-order valence-corrected chi connectivity index (χ2v) is 4.71. The molecule has 0 aliphatic carbocycles. The molecule has 0 atom stereocenters. The van der Waals surface area contributed by atoms with Gasteiger partial charge < -0.3 is 10.6 Å². The van der Waals surface area contributed by atoms with Crippen molar-refractivity contribution in [1.82, 2.24) is 0 Å². The highest BCUT2D eigenvalue weighted by Gasteiger charge is 2.09. The van der Waals surface area contributed by atoms with Crippen LogP contribution in [0.5, 0.6) is 0 Å². The van der Waals surface area contributed by atoms with Gasteiger partial charge in [0.25, 0.3) is 0 Å². The van der Waals surface area contributed by atoms with Crippen LogP contribution in [0, 0.1) is 12.7 Å². The lowest BCUT2D eigenvalue weighted by Gasteiger charge is -2.23. The van der Waals surface area contributed by atoms with Crippen molar-refractivity contribution < 1.29 is 4.39 Å². The van der Waals surface area contributed by atoms with Crippen LogP contribution in [0.25, 0.3) is 0 Å². The lowest BCUT2D eigenvalue weighted by Crippen LogP contribution is -2.14. The third-order valence-electron chi connectivity index (χ3n) is 3.21. The van der Waals surface area contributed by atoms with E-state index in [4.69, 9.17) is 5.73 Å². The van der Waals surface area contributed by atoms with E-state index in [9.17, 15) is 4.39 Å². The second kappa shape index (κ2) is 5.85. The largest absolute Gasteiger partial charge is 0.344 e. The van der Waals surface area contributed by atoms with Crippen molar-refractivity contribution in [3.8, 4) is 0 Å². The van der Waals surface area contributed by atoms with Crippen molar-refractivity contribution in [3.05, 3.63) is 59.4 Å². The minimum atomic E-state index is -0.225. The summed E-state index contributed by atoms with van der Waals surface area (Å²) in [4.78, 5) is 1.99. The van der Waals surface area contributed by atoms with E-state index >= 15 is 0 Å². The predicted molar refractivity (Wildman–Crippen MR) is 78.4 cm³/mol. The molecule has 2 rings (SSSR count). The molecule has 2 nitrogen and oxygen atoms in total. The van der Waals surface area contributed by atoms with E-state index in [1.54, 1.807) is 6.07 Å². The van der Waals surface area contributed by atoms with E-state index in [2.05, 4.69) is 25.1 Å². The quantitative estimate of drug-likeness (QED) is 0.910. The van der Waals surface area contributed by atoms with Crippen LogP contribution in [-0.2, 0) is 6.42 Å². The number of hydrogen-bond acceptors (Lipinski definition) is 2. The van der Waals surface area contributed by atoms with Gasteiger partial charge in [-0.15, -0.1) is 0 Å². The first-order valence-electron chi connectivity index (χ1n) is 6.40. The van der Waals surface area contributed by atoms with Crippen LogP contribution in [0.15, 0.2) is 42.5 Å². The van der Waals surface area contributed by atoms with Crippen LogP contribution in [0.1, 0.15) is 11.1 Å². The summed E-state index contributed by atoms with van der Waals surface area (Å²) in [6.45, 7) is 2.67. The number of hydrogen-bond donors (Lipinski definition) is 1. The van der Waals surface area contributed by atoms with Crippen LogP contribution in [0.2, 0.25) is 0 Å². The number of anilines is 2. The number of halogens is 1. The summed E-state index contributed by atoms with van der Waals surface area (Å²) in [5.74, 6) is -0.225. The molecule has 100 valence electrons. The Kier molecular flexibility index (Phi) is 4.17. The van der Waals surface area contributed by atoms with Crippen LogP contribution in [0.4, 0.5) is 15.8 Å². The van der Waals surface area contributed by atoms with Gasteiger partial charge in [0.15, 0.2) is 0 Å². The maximum Gasteiger partial charge on any atom is 0.125 e. The Balaban J connectivity index is 2.40. The molecular weight excluding hydrogens is 239 g/mol. The average molecular weight is 258 g/mol. The molecule has 2 aromatic carbocycles. The standard InChI is InChI=1S/C16H19FN2/c1-12-6-7-16(13(10-12)8-9-18)19(2)15-5-3-4-14(17)11-15/h3-7,10-11H,8-9,18H2,1-2H3. The molecule has 0 aromatic heterocycles. The summed E-state index contributed by atoms with van der Waals surface area (Å²) in [5.41, 5.74) is 9.97. The average Bonchev–Trinajstić information content (AvgIpc) is 2.39. The number of benzene rings is 2. The van der Waals surface area contributed by atoms with Gasteiger partial charge in [0.05, 0.1) is 0 Å². The van der Waals surface area contributed by atoms with Crippen molar-refractivity contribution in [2.75, 3.05) is 18.5 Å². The Morgan fingerprint density at radius 2 is 1.95 bits per heavy atom. The second-order valence-electron chi connectivity index (χ2n) is 4.71. The summed E-state index contributed by atoms with van der Waals surface area (Å²) in [6.07, 6.45) is 0.816. The topological polar surface area (TPSA) is 29.3 Å². The van der Waals surface area contributed by atoms with Gasteiger partial charge in [-0.05, 0) is 49.7 Å². The van der Waals surface area contributed by atoms with Crippen molar-refractivity contribution in [3.63, 3.8) is 0 Å². The fourth-order valence-electron chi connectivity index (χ4n) is 2.22. The molecule has 19 heavy (non-hydrogen) atoms. The molecule has 0 aliphatic heterocycles. The van der Waals surface area contributed by atoms with Crippen LogP contribution >= 0.6 is 0 Å². The number of aryl methyl sites for hydroxylation is 1. The first kappa shape index (κ1) is 13.6. The number of nitrogens with zero attached hydrogens (tertiary/aromatic N) is 1. The zero-order valence-electron chi connectivity index (χ0n) is 11.4. The van der Waals surface area contributed by atoms with E-state index in [0.717, 1.165) is 17.8 Å².